The van der Waals surface area contributed by atoms with Crippen LogP contribution in [0.15, 0.2) is 60.7 Å². The smallest absolute Gasteiger partial charge is 0.325 e. The van der Waals surface area contributed by atoms with Gasteiger partial charge in [0.2, 0.25) is 0 Å². The van der Waals surface area contributed by atoms with Crippen LogP contribution in [-0.2, 0) is 19.9 Å². The van der Waals surface area contributed by atoms with Gasteiger partial charge in [-0.3, -0.25) is 14.4 Å². The molecule has 1 amide bonds. The fourth-order valence-electron chi connectivity index (χ4n) is 4.90. The van der Waals surface area contributed by atoms with Crippen LogP contribution in [0.1, 0.15) is 38.0 Å². The van der Waals surface area contributed by atoms with E-state index in [1.807, 2.05) is 43.3 Å². The van der Waals surface area contributed by atoms with Gasteiger partial charge in [0.05, 0.1) is 22.7 Å². The molecular weight excluding hydrogens is 504 g/mol. The number of para-hydroxylation sites is 1. The van der Waals surface area contributed by atoms with E-state index >= 15 is 0 Å². The number of nitrogen functional groups attached to an aromatic ring is 1. The van der Waals surface area contributed by atoms with Crippen LogP contribution in [0.4, 0.5) is 5.69 Å². The van der Waals surface area contributed by atoms with Gasteiger partial charge < -0.3 is 32.0 Å². The van der Waals surface area contributed by atoms with Crippen molar-refractivity contribution in [3.8, 4) is 11.5 Å². The minimum absolute atomic E-state index is 0.203. The molecule has 4 aromatic rings. The Kier molecular flexibility index (Phi) is 6.39. The Morgan fingerprint density at radius 3 is 2.45 bits per heavy atom. The fourth-order valence-corrected chi connectivity index (χ4v) is 6.12. The minimum atomic E-state index is -1.59. The van der Waals surface area contributed by atoms with Gasteiger partial charge in [-0.25, -0.2) is 0 Å². The zero-order valence-corrected chi connectivity index (χ0v) is 21.6. The first-order valence-electron chi connectivity index (χ1n) is 11.8. The molecule has 1 aliphatic carbocycles. The molecule has 1 heterocycles. The van der Waals surface area contributed by atoms with E-state index in [0.29, 0.717) is 44.0 Å². The predicted molar refractivity (Wildman–Crippen MR) is 145 cm³/mol. The number of Topliss-reactive ketones (excluding diaryl/α,β-unsaturated/α-hetero) is 1. The lowest BCUT2D eigenvalue weighted by atomic mass is 9.69. The SMILES string of the molecule is COC(=O)CNC(=O)c1sc2c(N)ccc3c2c1C(N)C(=O)C3(N)c1ccc(Oc2ccccc2)cc1C. The van der Waals surface area contributed by atoms with E-state index in [0.717, 1.165) is 16.9 Å². The second-order valence-electron chi connectivity index (χ2n) is 9.05. The topological polar surface area (TPSA) is 160 Å². The molecule has 0 saturated heterocycles. The highest BCUT2D eigenvalue weighted by Crippen LogP contribution is 2.50. The largest absolute Gasteiger partial charge is 0.468 e. The summed E-state index contributed by atoms with van der Waals surface area (Å²) in [6.45, 7) is 1.52. The predicted octanol–water partition coefficient (Wildman–Crippen LogP) is 3.27. The summed E-state index contributed by atoms with van der Waals surface area (Å²) in [6, 6.07) is 16.9. The molecule has 0 fully saturated rings. The monoisotopic (exact) mass is 530 g/mol. The molecule has 1 aliphatic rings. The van der Waals surface area contributed by atoms with Gasteiger partial charge in [0.1, 0.15) is 23.6 Å². The molecule has 1 aromatic heterocycles. The Morgan fingerprint density at radius 2 is 1.76 bits per heavy atom. The summed E-state index contributed by atoms with van der Waals surface area (Å²) in [6.07, 6.45) is 0. The maximum Gasteiger partial charge on any atom is 0.325 e. The number of esters is 1. The first-order chi connectivity index (χ1) is 18.2. The molecule has 0 radical (unpaired) electrons. The van der Waals surface area contributed by atoms with Crippen LogP contribution < -0.4 is 27.3 Å². The van der Waals surface area contributed by atoms with Crippen LogP contribution in [0.3, 0.4) is 0 Å². The number of thiophene rings is 1. The summed E-state index contributed by atoms with van der Waals surface area (Å²) in [4.78, 5) is 38.7. The Labute approximate surface area is 222 Å². The van der Waals surface area contributed by atoms with E-state index in [2.05, 4.69) is 10.1 Å². The van der Waals surface area contributed by atoms with E-state index in [9.17, 15) is 14.4 Å². The van der Waals surface area contributed by atoms with Gasteiger partial charge in [-0.2, -0.15) is 0 Å². The quantitative estimate of drug-likeness (QED) is 0.218. The summed E-state index contributed by atoms with van der Waals surface area (Å²) in [5.41, 5.74) is 20.7. The molecule has 10 heteroatoms. The number of ketones is 1. The lowest BCUT2D eigenvalue weighted by molar-refractivity contribution is -0.139. The van der Waals surface area contributed by atoms with Crippen LogP contribution in [0.25, 0.3) is 10.1 Å². The first-order valence-corrected chi connectivity index (χ1v) is 12.6. The van der Waals surface area contributed by atoms with Crippen LogP contribution in [0, 0.1) is 6.92 Å². The maximum atomic E-state index is 13.9. The number of nitrogens with one attached hydrogen (secondary N) is 1. The number of carbonyl (C=O) groups excluding carboxylic acids is 3. The molecule has 2 unspecified atom stereocenters. The lowest BCUT2D eigenvalue weighted by Gasteiger charge is -2.37. The van der Waals surface area contributed by atoms with Crippen LogP contribution in [0.5, 0.6) is 11.5 Å². The number of methoxy groups -OCH3 is 1. The normalized spacial score (nSPS) is 18.3. The summed E-state index contributed by atoms with van der Waals surface area (Å²) in [5, 5.41) is 3.10. The number of aryl methyl sites for hydroxylation is 1. The third kappa shape index (κ3) is 3.99. The van der Waals surface area contributed by atoms with Crippen molar-refractivity contribution in [2.45, 2.75) is 18.5 Å². The van der Waals surface area contributed by atoms with Crippen molar-refractivity contribution in [3.63, 3.8) is 0 Å². The molecule has 7 N–H and O–H groups in total. The second-order valence-corrected chi connectivity index (χ2v) is 10.1. The highest BCUT2D eigenvalue weighted by atomic mass is 32.1. The zero-order valence-electron chi connectivity index (χ0n) is 20.7. The minimum Gasteiger partial charge on any atom is -0.468 e. The van der Waals surface area contributed by atoms with Crippen molar-refractivity contribution in [1.29, 1.82) is 0 Å². The molecule has 0 bridgehead atoms. The van der Waals surface area contributed by atoms with E-state index in [1.54, 1.807) is 24.3 Å². The molecule has 0 aliphatic heterocycles. The molecular formula is C28H26N4O5S. The van der Waals surface area contributed by atoms with Crippen LogP contribution in [0.2, 0.25) is 0 Å². The lowest BCUT2D eigenvalue weighted by Crippen LogP contribution is -2.53. The Hall–Kier alpha value is -4.25. The Bertz CT molecular complexity index is 1600. The van der Waals surface area contributed by atoms with Crippen molar-refractivity contribution in [2.75, 3.05) is 19.4 Å². The number of amides is 1. The summed E-state index contributed by atoms with van der Waals surface area (Å²) in [7, 11) is 1.22. The van der Waals surface area contributed by atoms with Crippen molar-refractivity contribution >= 4 is 44.8 Å². The second kappa shape index (κ2) is 9.56. The summed E-state index contributed by atoms with van der Waals surface area (Å²) < 4.78 is 11.1. The molecule has 0 spiro atoms. The van der Waals surface area contributed by atoms with Gasteiger partial charge in [-0.05, 0) is 53.9 Å². The number of ether oxygens (including phenoxy) is 2. The summed E-state index contributed by atoms with van der Waals surface area (Å²) in [5.74, 6) is -0.347. The number of anilines is 1. The number of rotatable bonds is 6. The Morgan fingerprint density at radius 1 is 1.05 bits per heavy atom. The van der Waals surface area contributed by atoms with E-state index < -0.39 is 29.2 Å². The van der Waals surface area contributed by atoms with Gasteiger partial charge in [0, 0.05) is 16.6 Å². The highest BCUT2D eigenvalue weighted by Gasteiger charge is 2.49. The third-order valence-corrected chi connectivity index (χ3v) is 8.00. The zero-order chi connectivity index (χ0) is 27.2. The van der Waals surface area contributed by atoms with E-state index in [1.165, 1.54) is 7.11 Å². The number of carbonyl (C=O) groups is 3. The van der Waals surface area contributed by atoms with Crippen molar-refractivity contribution in [1.82, 2.24) is 5.32 Å². The van der Waals surface area contributed by atoms with E-state index in [-0.39, 0.29) is 11.4 Å². The van der Waals surface area contributed by atoms with Gasteiger partial charge in [0.25, 0.3) is 5.91 Å². The third-order valence-electron chi connectivity index (χ3n) is 6.74. The van der Waals surface area contributed by atoms with Gasteiger partial charge in [-0.1, -0.05) is 30.3 Å². The first kappa shape index (κ1) is 25.4. The van der Waals surface area contributed by atoms with Crippen molar-refractivity contribution in [2.24, 2.45) is 11.5 Å². The molecule has 9 nitrogen and oxygen atoms in total. The average molecular weight is 531 g/mol. The highest BCUT2D eigenvalue weighted by molar-refractivity contribution is 7.21. The average Bonchev–Trinajstić information content (AvgIpc) is 3.32. The fraction of sp³-hybridized carbons (Fsp3) is 0.179. The van der Waals surface area contributed by atoms with Gasteiger partial charge in [-0.15, -0.1) is 11.3 Å². The van der Waals surface area contributed by atoms with Crippen molar-refractivity contribution < 1.29 is 23.9 Å². The molecule has 2 atom stereocenters. The van der Waals surface area contributed by atoms with Crippen LogP contribution >= 0.6 is 11.3 Å². The molecule has 3 aromatic carbocycles. The number of hydrogen-bond donors (Lipinski definition) is 4. The standard InChI is InChI=1S/C28H26N4O5S/c1-14-12-16(37-15-6-4-3-5-7-15)8-9-17(14)28(31)18-10-11-19(29)24-21(18)22(23(30)26(28)34)25(38-24)27(35)32-13-20(33)36-2/h3-12,23H,13,29-31H2,1-2H3,(H,32,35). The van der Waals surface area contributed by atoms with E-state index in [4.69, 9.17) is 21.9 Å². The maximum absolute atomic E-state index is 13.9. The van der Waals surface area contributed by atoms with Gasteiger partial charge >= 0.3 is 5.97 Å². The molecule has 0 saturated carbocycles. The van der Waals surface area contributed by atoms with Crippen molar-refractivity contribution in [3.05, 3.63) is 87.8 Å². The molecule has 194 valence electrons. The van der Waals surface area contributed by atoms with Gasteiger partial charge in [0.15, 0.2) is 5.78 Å². The molecule has 5 rings (SSSR count). The number of nitrogens with two attached hydrogens (primary N) is 3. The Balaban J connectivity index is 1.62. The number of hydrogen-bond acceptors (Lipinski definition) is 9. The molecule has 38 heavy (non-hydrogen) atoms. The summed E-state index contributed by atoms with van der Waals surface area (Å²) >= 11 is 1.11. The number of benzene rings is 3. The van der Waals surface area contributed by atoms with Crippen LogP contribution in [-0.4, -0.2) is 31.3 Å².